The number of amides is 4. The Balaban J connectivity index is 1.30. The SMILES string of the molecule is C=CC1CC1(NC(=O)[C@@H]1C[C@@H](n2nnc3cc(C)c(C)cc32)CN1C(=O)[C@@H](NC(=O)OC1CCC1)C(C)(C)C)C(=O)NS(=O)(=O)C1CC1. The molecule has 4 aliphatic rings. The van der Waals surface area contributed by atoms with Crippen LogP contribution in [0, 0.1) is 25.2 Å². The minimum Gasteiger partial charge on any atom is -0.446 e. The van der Waals surface area contributed by atoms with Gasteiger partial charge in [0.2, 0.25) is 21.8 Å². The van der Waals surface area contributed by atoms with Gasteiger partial charge >= 0.3 is 6.09 Å². The number of fused-ring (bicyclic) bond motifs is 1. The highest BCUT2D eigenvalue weighted by Crippen LogP contribution is 2.46. The number of carbonyl (C=O) groups is 4. The number of rotatable bonds is 10. The quantitative estimate of drug-likeness (QED) is 0.317. The Labute approximate surface area is 280 Å². The van der Waals surface area contributed by atoms with Gasteiger partial charge in [0.05, 0.1) is 16.8 Å². The molecule has 14 nitrogen and oxygen atoms in total. The van der Waals surface area contributed by atoms with Crippen molar-refractivity contribution in [2.45, 2.75) is 115 Å². The van der Waals surface area contributed by atoms with Crippen LogP contribution in [-0.2, 0) is 29.1 Å². The molecule has 15 heteroatoms. The van der Waals surface area contributed by atoms with E-state index in [4.69, 9.17) is 4.74 Å². The van der Waals surface area contributed by atoms with Crippen molar-refractivity contribution in [2.75, 3.05) is 6.54 Å². The second-order valence-corrected chi connectivity index (χ2v) is 16.9. The standard InChI is InChI=1S/C33H45N7O7S/c1-7-20-16-33(20,30(43)37-48(45,46)23-11-12-23)35-28(41)26-15-21(40-25-14-19(3)18(2)13-24(25)36-38-40)17-39(26)29(42)27(32(4,5)6)34-31(44)47-22-9-8-10-22/h7,13-14,20-23,26-27H,1,8-12,15-17H2,2-6H3,(H,34,44)(H,35,41)(H,37,43)/t20?,21-,26+,27-,33?/m1/s1. The van der Waals surface area contributed by atoms with Crippen LogP contribution in [0.3, 0.4) is 0 Å². The molecule has 260 valence electrons. The van der Waals surface area contributed by atoms with Crippen molar-refractivity contribution in [3.63, 3.8) is 0 Å². The average Bonchev–Trinajstić information content (AvgIpc) is 3.88. The number of nitrogens with zero attached hydrogens (tertiary/aromatic N) is 4. The number of aromatic nitrogens is 3. The molecule has 3 aliphatic carbocycles. The summed E-state index contributed by atoms with van der Waals surface area (Å²) in [5.74, 6) is -2.41. The van der Waals surface area contributed by atoms with E-state index in [1.54, 1.807) is 4.68 Å². The molecule has 48 heavy (non-hydrogen) atoms. The second kappa shape index (κ2) is 12.1. The predicted octanol–water partition coefficient (Wildman–Crippen LogP) is 2.55. The lowest BCUT2D eigenvalue weighted by atomic mass is 9.85. The molecule has 0 radical (unpaired) electrons. The van der Waals surface area contributed by atoms with Crippen LogP contribution >= 0.6 is 0 Å². The Morgan fingerprint density at radius 1 is 1.10 bits per heavy atom. The molecule has 6 rings (SSSR count). The number of benzene rings is 1. The Kier molecular flexibility index (Phi) is 8.57. The third-order valence-electron chi connectivity index (χ3n) is 10.2. The van der Waals surface area contributed by atoms with Gasteiger partial charge in [0.25, 0.3) is 5.91 Å². The van der Waals surface area contributed by atoms with Gasteiger partial charge in [-0.3, -0.25) is 19.1 Å². The van der Waals surface area contributed by atoms with Gasteiger partial charge in [-0.05, 0) is 81.0 Å². The minimum atomic E-state index is -3.87. The molecule has 2 unspecified atom stereocenters. The number of hydrogen-bond acceptors (Lipinski definition) is 9. The summed E-state index contributed by atoms with van der Waals surface area (Å²) in [6, 6.07) is 1.33. The van der Waals surface area contributed by atoms with Crippen LogP contribution < -0.4 is 15.4 Å². The van der Waals surface area contributed by atoms with Gasteiger partial charge in [-0.2, -0.15) is 0 Å². The molecule has 4 fully saturated rings. The van der Waals surface area contributed by atoms with Gasteiger partial charge in [-0.1, -0.05) is 32.1 Å². The lowest BCUT2D eigenvalue weighted by Crippen LogP contribution is -2.60. The van der Waals surface area contributed by atoms with Crippen LogP contribution in [-0.4, -0.2) is 87.6 Å². The maximum atomic E-state index is 14.5. The van der Waals surface area contributed by atoms with Gasteiger partial charge in [0.15, 0.2) is 0 Å². The van der Waals surface area contributed by atoms with Crippen LogP contribution in [0.2, 0.25) is 0 Å². The summed E-state index contributed by atoms with van der Waals surface area (Å²) in [6.07, 6.45) is 4.40. The van der Waals surface area contributed by atoms with Crippen LogP contribution in [0.5, 0.6) is 0 Å². The van der Waals surface area contributed by atoms with Crippen molar-refractivity contribution in [1.82, 2.24) is 35.2 Å². The Morgan fingerprint density at radius 2 is 1.79 bits per heavy atom. The van der Waals surface area contributed by atoms with Gasteiger partial charge < -0.3 is 20.3 Å². The highest BCUT2D eigenvalue weighted by Gasteiger charge is 2.62. The second-order valence-electron chi connectivity index (χ2n) is 14.9. The molecule has 5 atom stereocenters. The minimum absolute atomic E-state index is 0.0778. The number of likely N-dealkylation sites (tertiary alicyclic amines) is 1. The van der Waals surface area contributed by atoms with Crippen molar-refractivity contribution < 1.29 is 32.3 Å². The molecular formula is C33H45N7O7S. The van der Waals surface area contributed by atoms with Crippen LogP contribution in [0.4, 0.5) is 4.79 Å². The van der Waals surface area contributed by atoms with Gasteiger partial charge in [0, 0.05) is 18.9 Å². The van der Waals surface area contributed by atoms with E-state index >= 15 is 0 Å². The third kappa shape index (κ3) is 6.40. The fourth-order valence-electron chi connectivity index (χ4n) is 6.57. The maximum absolute atomic E-state index is 14.5. The first-order chi connectivity index (χ1) is 22.5. The van der Waals surface area contributed by atoms with Crippen molar-refractivity contribution in [3.05, 3.63) is 35.9 Å². The molecule has 3 N–H and O–H groups in total. The number of sulfonamides is 1. The van der Waals surface area contributed by atoms with Crippen molar-refractivity contribution in [2.24, 2.45) is 11.3 Å². The lowest BCUT2D eigenvalue weighted by molar-refractivity contribution is -0.142. The maximum Gasteiger partial charge on any atom is 0.408 e. The zero-order valence-corrected chi connectivity index (χ0v) is 28.9. The van der Waals surface area contributed by atoms with Gasteiger partial charge in [-0.25, -0.2) is 17.9 Å². The molecule has 0 bridgehead atoms. The fourth-order valence-corrected chi connectivity index (χ4v) is 7.94. The van der Waals surface area contributed by atoms with Gasteiger partial charge in [0.1, 0.15) is 29.2 Å². The zero-order chi connectivity index (χ0) is 34.8. The van der Waals surface area contributed by atoms with E-state index in [9.17, 15) is 27.6 Å². The number of aryl methyl sites for hydroxylation is 2. The van der Waals surface area contributed by atoms with Crippen molar-refractivity contribution in [1.29, 1.82) is 0 Å². The molecule has 1 aliphatic heterocycles. The highest BCUT2D eigenvalue weighted by atomic mass is 32.2. The topological polar surface area (TPSA) is 182 Å². The average molecular weight is 684 g/mol. The smallest absolute Gasteiger partial charge is 0.408 e. The summed E-state index contributed by atoms with van der Waals surface area (Å²) in [5, 5.41) is 13.7. The third-order valence-corrected chi connectivity index (χ3v) is 12.1. The highest BCUT2D eigenvalue weighted by molar-refractivity contribution is 7.91. The van der Waals surface area contributed by atoms with E-state index in [0.717, 1.165) is 35.9 Å². The molecule has 1 aromatic carbocycles. The van der Waals surface area contributed by atoms with E-state index in [1.807, 2.05) is 46.8 Å². The van der Waals surface area contributed by atoms with Gasteiger partial charge in [-0.15, -0.1) is 11.7 Å². The summed E-state index contributed by atoms with van der Waals surface area (Å²) in [7, 11) is -3.87. The summed E-state index contributed by atoms with van der Waals surface area (Å²) < 4.78 is 34.7. The van der Waals surface area contributed by atoms with Crippen LogP contribution in [0.15, 0.2) is 24.8 Å². The lowest BCUT2D eigenvalue weighted by Gasteiger charge is -2.36. The molecule has 4 amide bonds. The van der Waals surface area contributed by atoms with E-state index in [0.29, 0.717) is 18.4 Å². The first-order valence-corrected chi connectivity index (χ1v) is 18.2. The summed E-state index contributed by atoms with van der Waals surface area (Å²) >= 11 is 0. The largest absolute Gasteiger partial charge is 0.446 e. The Hall–Kier alpha value is -4.01. The number of carbonyl (C=O) groups excluding carboxylic acids is 4. The van der Waals surface area contributed by atoms with Crippen molar-refractivity contribution in [3.8, 4) is 0 Å². The summed E-state index contributed by atoms with van der Waals surface area (Å²) in [4.78, 5) is 56.4. The van der Waals surface area contributed by atoms with E-state index in [-0.39, 0.29) is 25.5 Å². The molecule has 2 aromatic rings. The van der Waals surface area contributed by atoms with Crippen molar-refractivity contribution >= 4 is 44.9 Å². The summed E-state index contributed by atoms with van der Waals surface area (Å²) in [6.45, 7) is 13.3. The Morgan fingerprint density at radius 3 is 2.38 bits per heavy atom. The predicted molar refractivity (Wildman–Crippen MR) is 176 cm³/mol. The first kappa shape index (κ1) is 33.9. The molecule has 1 aromatic heterocycles. The normalized spacial score (nSPS) is 26.4. The molecule has 0 spiro atoms. The fraction of sp³-hybridized carbons (Fsp3) is 0.636. The molecular weight excluding hydrogens is 638 g/mol. The zero-order valence-electron chi connectivity index (χ0n) is 28.1. The first-order valence-electron chi connectivity index (χ1n) is 16.6. The van der Waals surface area contributed by atoms with E-state index in [1.165, 1.54) is 11.0 Å². The number of hydrogen-bond donors (Lipinski definition) is 3. The molecule has 3 saturated carbocycles. The monoisotopic (exact) mass is 683 g/mol. The van der Waals surface area contributed by atoms with Crippen LogP contribution in [0.25, 0.3) is 11.0 Å². The molecule has 1 saturated heterocycles. The Bertz CT molecular complexity index is 1780. The summed E-state index contributed by atoms with van der Waals surface area (Å²) in [5.41, 5.74) is 1.24. The van der Waals surface area contributed by atoms with E-state index < -0.39 is 74.1 Å². The number of nitrogens with one attached hydrogen (secondary N) is 3. The molecule has 2 heterocycles. The van der Waals surface area contributed by atoms with Crippen LogP contribution in [0.1, 0.15) is 82.9 Å². The number of ether oxygens (including phenoxy) is 1. The number of alkyl carbamates (subject to hydrolysis) is 1. The van der Waals surface area contributed by atoms with E-state index in [2.05, 4.69) is 32.2 Å².